The number of nitrogens with zero attached hydrogens (tertiary/aromatic N) is 1. The lowest BCUT2D eigenvalue weighted by Crippen LogP contribution is -2.14. The van der Waals surface area contributed by atoms with Gasteiger partial charge in [-0.2, -0.15) is 0 Å². The van der Waals surface area contributed by atoms with Gasteiger partial charge in [0, 0.05) is 6.07 Å². The molecule has 0 aliphatic carbocycles. The Morgan fingerprint density at radius 2 is 1.71 bits per heavy atom. The third kappa shape index (κ3) is 4.60. The third-order valence-electron chi connectivity index (χ3n) is 3.76. The van der Waals surface area contributed by atoms with Crippen molar-refractivity contribution in [2.75, 3.05) is 5.32 Å². The highest BCUT2D eigenvalue weighted by molar-refractivity contribution is 6.42. The number of carbonyl (C=O) groups is 2. The van der Waals surface area contributed by atoms with E-state index in [0.717, 1.165) is 5.56 Å². The highest BCUT2D eigenvalue weighted by Gasteiger charge is 2.17. The third-order valence-corrected chi connectivity index (χ3v) is 4.48. The van der Waals surface area contributed by atoms with Crippen LogP contribution in [0, 0.1) is 6.92 Å². The number of aryl methyl sites for hydroxylation is 1. The van der Waals surface area contributed by atoms with Gasteiger partial charge < -0.3 is 15.2 Å². The summed E-state index contributed by atoms with van der Waals surface area (Å²) in [5.41, 5.74) is 1.42. The molecule has 0 saturated carbocycles. The largest absolute Gasteiger partial charge is 0.477 e. The van der Waals surface area contributed by atoms with Gasteiger partial charge >= 0.3 is 5.97 Å². The Hall–Kier alpha value is -3.09. The number of carboxylic acids is 1. The molecule has 0 radical (unpaired) electrons. The zero-order valence-corrected chi connectivity index (χ0v) is 16.1. The monoisotopic (exact) mass is 416 g/mol. The summed E-state index contributed by atoms with van der Waals surface area (Å²) in [4.78, 5) is 27.4. The molecule has 6 nitrogen and oxygen atoms in total. The highest BCUT2D eigenvalue weighted by Crippen LogP contribution is 2.34. The fourth-order valence-corrected chi connectivity index (χ4v) is 2.63. The molecular formula is C20H14Cl2N2O4. The van der Waals surface area contributed by atoms with Crippen LogP contribution in [0.4, 0.5) is 5.69 Å². The van der Waals surface area contributed by atoms with Crippen LogP contribution in [0.5, 0.6) is 11.5 Å². The van der Waals surface area contributed by atoms with Crippen LogP contribution >= 0.6 is 23.2 Å². The molecule has 28 heavy (non-hydrogen) atoms. The Morgan fingerprint density at radius 1 is 1.04 bits per heavy atom. The summed E-state index contributed by atoms with van der Waals surface area (Å²) < 4.78 is 5.81. The van der Waals surface area contributed by atoms with Gasteiger partial charge in [0.15, 0.2) is 0 Å². The van der Waals surface area contributed by atoms with Gasteiger partial charge in [-0.3, -0.25) is 4.79 Å². The summed E-state index contributed by atoms with van der Waals surface area (Å²) in [5, 5.41) is 12.0. The minimum absolute atomic E-state index is 0.129. The van der Waals surface area contributed by atoms with Gasteiger partial charge in [0.2, 0.25) is 0 Å². The summed E-state index contributed by atoms with van der Waals surface area (Å²) >= 11 is 12.1. The van der Waals surface area contributed by atoms with Crippen molar-refractivity contribution in [1.82, 2.24) is 4.98 Å². The van der Waals surface area contributed by atoms with E-state index >= 15 is 0 Å². The van der Waals surface area contributed by atoms with E-state index in [1.807, 2.05) is 19.1 Å². The molecule has 142 valence electrons. The summed E-state index contributed by atoms with van der Waals surface area (Å²) in [6.45, 7) is 1.95. The first-order valence-corrected chi connectivity index (χ1v) is 8.83. The van der Waals surface area contributed by atoms with Crippen LogP contribution in [0.3, 0.4) is 0 Å². The van der Waals surface area contributed by atoms with Crippen molar-refractivity contribution in [3.05, 3.63) is 81.6 Å². The second-order valence-corrected chi connectivity index (χ2v) is 6.68. The number of rotatable bonds is 5. The standard InChI is InChI=1S/C20H14Cl2N2O4/c1-11-2-5-13(6-3-11)28-18-9-16(22)15(21)8-14(18)19(25)24-12-4-7-17(20(26)27)23-10-12/h2-10H,1H3,(H,24,25)(H,26,27). The summed E-state index contributed by atoms with van der Waals surface area (Å²) in [6, 6.07) is 12.9. The number of carboxylic acid groups (broad SMARTS) is 1. The lowest BCUT2D eigenvalue weighted by molar-refractivity contribution is 0.0690. The van der Waals surface area contributed by atoms with E-state index in [4.69, 9.17) is 33.0 Å². The fourth-order valence-electron chi connectivity index (χ4n) is 2.32. The minimum Gasteiger partial charge on any atom is -0.477 e. The van der Waals surface area contributed by atoms with Crippen molar-refractivity contribution in [2.45, 2.75) is 6.92 Å². The molecule has 2 N–H and O–H groups in total. The molecule has 0 aliphatic rings. The summed E-state index contributed by atoms with van der Waals surface area (Å²) in [7, 11) is 0. The van der Waals surface area contributed by atoms with Gasteiger partial charge in [0.05, 0.1) is 27.5 Å². The number of nitrogens with one attached hydrogen (secondary N) is 1. The van der Waals surface area contributed by atoms with Gasteiger partial charge in [0.25, 0.3) is 5.91 Å². The van der Waals surface area contributed by atoms with Gasteiger partial charge in [-0.15, -0.1) is 0 Å². The number of pyridine rings is 1. The number of aromatic carboxylic acids is 1. The SMILES string of the molecule is Cc1ccc(Oc2cc(Cl)c(Cl)cc2C(=O)Nc2ccc(C(=O)O)nc2)cc1. The molecule has 0 aliphatic heterocycles. The Morgan fingerprint density at radius 3 is 2.32 bits per heavy atom. The lowest BCUT2D eigenvalue weighted by Gasteiger charge is -2.13. The topological polar surface area (TPSA) is 88.5 Å². The molecular weight excluding hydrogens is 403 g/mol. The fraction of sp³-hybridized carbons (Fsp3) is 0.0500. The minimum atomic E-state index is -1.16. The van der Waals surface area contributed by atoms with E-state index in [9.17, 15) is 9.59 Å². The number of amides is 1. The Kier molecular flexibility index (Phi) is 5.82. The molecule has 0 bridgehead atoms. The number of hydrogen-bond acceptors (Lipinski definition) is 4. The van der Waals surface area contributed by atoms with Gasteiger partial charge in [-0.1, -0.05) is 40.9 Å². The number of aromatic nitrogens is 1. The first-order chi connectivity index (χ1) is 13.3. The lowest BCUT2D eigenvalue weighted by atomic mass is 10.1. The second kappa shape index (κ2) is 8.29. The van der Waals surface area contributed by atoms with E-state index < -0.39 is 11.9 Å². The van der Waals surface area contributed by atoms with Gasteiger partial charge in [-0.25, -0.2) is 9.78 Å². The number of benzene rings is 2. The molecule has 0 atom stereocenters. The van der Waals surface area contributed by atoms with Gasteiger partial charge in [-0.05, 0) is 37.3 Å². The number of carbonyl (C=O) groups excluding carboxylic acids is 1. The second-order valence-electron chi connectivity index (χ2n) is 5.87. The maximum atomic E-state index is 12.7. The van der Waals surface area contributed by atoms with Crippen LogP contribution in [0.1, 0.15) is 26.4 Å². The van der Waals surface area contributed by atoms with Crippen LogP contribution in [-0.4, -0.2) is 22.0 Å². The summed E-state index contributed by atoms with van der Waals surface area (Å²) in [6.07, 6.45) is 1.25. The molecule has 3 aromatic rings. The van der Waals surface area contributed by atoms with Crippen LogP contribution in [0.15, 0.2) is 54.7 Å². The Balaban J connectivity index is 1.88. The molecule has 1 heterocycles. The molecule has 0 saturated heterocycles. The van der Waals surface area contributed by atoms with Crippen molar-refractivity contribution in [1.29, 1.82) is 0 Å². The van der Waals surface area contributed by atoms with E-state index in [0.29, 0.717) is 11.4 Å². The zero-order valence-electron chi connectivity index (χ0n) is 14.6. The first kappa shape index (κ1) is 19.7. The van der Waals surface area contributed by atoms with Crippen LogP contribution in [0.2, 0.25) is 10.0 Å². The van der Waals surface area contributed by atoms with Crippen LogP contribution in [-0.2, 0) is 0 Å². The molecule has 8 heteroatoms. The zero-order chi connectivity index (χ0) is 20.3. The van der Waals surface area contributed by atoms with Gasteiger partial charge in [0.1, 0.15) is 17.2 Å². The van der Waals surface area contributed by atoms with Crippen molar-refractivity contribution in [3.63, 3.8) is 0 Å². The maximum absolute atomic E-state index is 12.7. The number of halogens is 2. The smallest absolute Gasteiger partial charge is 0.354 e. The summed E-state index contributed by atoms with van der Waals surface area (Å²) in [5.74, 6) is -0.905. The highest BCUT2D eigenvalue weighted by atomic mass is 35.5. The average Bonchev–Trinajstić information content (AvgIpc) is 2.66. The molecule has 1 aromatic heterocycles. The number of hydrogen-bond donors (Lipinski definition) is 2. The van der Waals surface area contributed by atoms with Crippen molar-refractivity contribution in [3.8, 4) is 11.5 Å². The van der Waals surface area contributed by atoms with Crippen molar-refractivity contribution < 1.29 is 19.4 Å². The molecule has 3 rings (SSSR count). The van der Waals surface area contributed by atoms with Crippen molar-refractivity contribution >= 4 is 40.8 Å². The Bertz CT molecular complexity index is 1040. The predicted octanol–water partition coefficient (Wildman–Crippen LogP) is 5.44. The van der Waals surface area contributed by atoms with E-state index in [2.05, 4.69) is 10.3 Å². The molecule has 0 unspecified atom stereocenters. The molecule has 1 amide bonds. The molecule has 0 fully saturated rings. The normalized spacial score (nSPS) is 10.4. The average molecular weight is 417 g/mol. The van der Waals surface area contributed by atoms with E-state index in [1.54, 1.807) is 12.1 Å². The van der Waals surface area contributed by atoms with Crippen LogP contribution < -0.4 is 10.1 Å². The number of anilines is 1. The number of ether oxygens (including phenoxy) is 1. The molecule has 2 aromatic carbocycles. The van der Waals surface area contributed by atoms with E-state index in [1.165, 1.54) is 30.5 Å². The predicted molar refractivity (Wildman–Crippen MR) is 107 cm³/mol. The first-order valence-electron chi connectivity index (χ1n) is 8.08. The quantitative estimate of drug-likeness (QED) is 0.577. The molecule has 0 spiro atoms. The van der Waals surface area contributed by atoms with Crippen molar-refractivity contribution in [2.24, 2.45) is 0 Å². The van der Waals surface area contributed by atoms with E-state index in [-0.39, 0.29) is 27.1 Å². The van der Waals surface area contributed by atoms with Crippen LogP contribution in [0.25, 0.3) is 0 Å². The maximum Gasteiger partial charge on any atom is 0.354 e. The Labute approximate surface area is 170 Å².